The Hall–Kier alpha value is -1.26. The molecule has 0 N–H and O–H groups in total. The third-order valence-electron chi connectivity index (χ3n) is 5.23. The third-order valence-corrected chi connectivity index (χ3v) is 5.23. The van der Waals surface area contributed by atoms with E-state index in [4.69, 9.17) is 0 Å². The summed E-state index contributed by atoms with van der Waals surface area (Å²) < 4.78 is 4.64. The van der Waals surface area contributed by atoms with Crippen LogP contribution in [0.4, 0.5) is 4.79 Å². The summed E-state index contributed by atoms with van der Waals surface area (Å²) in [6, 6.07) is 0.126. The van der Waals surface area contributed by atoms with Gasteiger partial charge in [-0.05, 0) is 19.8 Å². The predicted molar refractivity (Wildman–Crippen MR) is 113 cm³/mol. The Kier molecular flexibility index (Phi) is 17.3. The molecular formula is C22H44N2O3. The van der Waals surface area contributed by atoms with E-state index >= 15 is 0 Å². The Bertz CT molecular complexity index is 375. The molecule has 5 nitrogen and oxygen atoms in total. The molecule has 0 aliphatic rings. The van der Waals surface area contributed by atoms with Crippen LogP contribution >= 0.6 is 0 Å². The molecule has 0 fully saturated rings. The van der Waals surface area contributed by atoms with Crippen molar-refractivity contribution in [2.45, 2.75) is 96.8 Å². The van der Waals surface area contributed by atoms with E-state index in [0.717, 1.165) is 32.4 Å². The zero-order chi connectivity index (χ0) is 20.3. The van der Waals surface area contributed by atoms with Crippen LogP contribution in [0.1, 0.15) is 96.8 Å². The van der Waals surface area contributed by atoms with E-state index in [0.29, 0.717) is 6.42 Å². The number of nitrogens with zero attached hydrogens (tertiary/aromatic N) is 2. The van der Waals surface area contributed by atoms with Gasteiger partial charge in [-0.1, -0.05) is 70.6 Å². The lowest BCUT2D eigenvalue weighted by atomic mass is 10.0. The number of unbranched alkanes of at least 4 members (excludes halogenated alkanes) is 12. The average molecular weight is 385 g/mol. The van der Waals surface area contributed by atoms with Gasteiger partial charge < -0.3 is 14.5 Å². The van der Waals surface area contributed by atoms with E-state index in [9.17, 15) is 9.59 Å². The summed E-state index contributed by atoms with van der Waals surface area (Å²) in [5.41, 5.74) is 0. The number of amides is 2. The van der Waals surface area contributed by atoms with Crippen molar-refractivity contribution in [3.63, 3.8) is 0 Å². The summed E-state index contributed by atoms with van der Waals surface area (Å²) in [6.07, 6.45) is 16.8. The number of hydrogen-bond donors (Lipinski definition) is 0. The van der Waals surface area contributed by atoms with Crippen LogP contribution in [-0.2, 0) is 9.53 Å². The van der Waals surface area contributed by atoms with Gasteiger partial charge >= 0.3 is 12.0 Å². The average Bonchev–Trinajstić information content (AvgIpc) is 2.68. The topological polar surface area (TPSA) is 49.9 Å². The van der Waals surface area contributed by atoms with Crippen LogP contribution < -0.4 is 0 Å². The van der Waals surface area contributed by atoms with E-state index < -0.39 is 0 Å². The highest BCUT2D eigenvalue weighted by Crippen LogP contribution is 2.13. The molecule has 0 aromatic heterocycles. The smallest absolute Gasteiger partial charge is 0.319 e. The predicted octanol–water partition coefficient (Wildman–Crippen LogP) is 5.62. The second-order valence-electron chi connectivity index (χ2n) is 7.64. The molecule has 0 atom stereocenters. The highest BCUT2D eigenvalue weighted by molar-refractivity contribution is 5.73. The van der Waals surface area contributed by atoms with E-state index in [-0.39, 0.29) is 12.0 Å². The lowest BCUT2D eigenvalue weighted by Crippen LogP contribution is -2.39. The van der Waals surface area contributed by atoms with Crippen LogP contribution in [0.25, 0.3) is 0 Å². The number of rotatable bonds is 17. The molecule has 0 unspecified atom stereocenters. The highest BCUT2D eigenvalue weighted by atomic mass is 16.5. The Morgan fingerprint density at radius 1 is 0.667 bits per heavy atom. The number of carbonyl (C=O) groups excluding carboxylic acids is 2. The molecule has 0 aliphatic carbocycles. The van der Waals surface area contributed by atoms with Gasteiger partial charge in [0.1, 0.15) is 0 Å². The molecule has 0 spiro atoms. The number of hydrogen-bond acceptors (Lipinski definition) is 3. The van der Waals surface area contributed by atoms with Crippen molar-refractivity contribution in [3.8, 4) is 0 Å². The van der Waals surface area contributed by atoms with E-state index in [2.05, 4.69) is 4.74 Å². The van der Waals surface area contributed by atoms with E-state index in [1.807, 2.05) is 25.9 Å². The molecular weight excluding hydrogens is 340 g/mol. The highest BCUT2D eigenvalue weighted by Gasteiger charge is 2.11. The maximum atomic E-state index is 11.9. The number of esters is 1. The van der Waals surface area contributed by atoms with Crippen LogP contribution in [0.3, 0.4) is 0 Å². The summed E-state index contributed by atoms with van der Waals surface area (Å²) >= 11 is 0. The second-order valence-corrected chi connectivity index (χ2v) is 7.64. The molecule has 0 saturated carbocycles. The van der Waals surface area contributed by atoms with Crippen molar-refractivity contribution in [1.29, 1.82) is 0 Å². The van der Waals surface area contributed by atoms with Crippen LogP contribution in [0.15, 0.2) is 0 Å². The zero-order valence-electron chi connectivity index (χ0n) is 18.4. The molecule has 0 aromatic carbocycles. The molecule has 0 aromatic rings. The maximum absolute atomic E-state index is 11.9. The molecule has 0 aliphatic heterocycles. The van der Waals surface area contributed by atoms with Gasteiger partial charge in [0.05, 0.1) is 7.11 Å². The monoisotopic (exact) mass is 384 g/mol. The Labute approximate surface area is 167 Å². The van der Waals surface area contributed by atoms with Gasteiger partial charge in [0.2, 0.25) is 0 Å². The quantitative estimate of drug-likeness (QED) is 0.241. The molecule has 160 valence electrons. The van der Waals surface area contributed by atoms with Crippen molar-refractivity contribution >= 4 is 12.0 Å². The van der Waals surface area contributed by atoms with Crippen LogP contribution in [0.5, 0.6) is 0 Å². The zero-order valence-corrected chi connectivity index (χ0v) is 18.4. The first-order valence-electron chi connectivity index (χ1n) is 11.1. The SMILES string of the molecule is CCN(C)C(=O)N(C)CCCCCCCCCCCCCCCC(=O)OC. The van der Waals surface area contributed by atoms with Crippen molar-refractivity contribution in [3.05, 3.63) is 0 Å². The van der Waals surface area contributed by atoms with Crippen LogP contribution in [-0.4, -0.2) is 56.1 Å². The van der Waals surface area contributed by atoms with E-state index in [1.54, 1.807) is 4.90 Å². The minimum atomic E-state index is -0.0837. The fraction of sp³-hybridized carbons (Fsp3) is 0.909. The second kappa shape index (κ2) is 18.1. The summed E-state index contributed by atoms with van der Waals surface area (Å²) in [6.45, 7) is 3.63. The molecule has 0 rings (SSSR count). The molecule has 0 heterocycles. The van der Waals surface area contributed by atoms with E-state index in [1.165, 1.54) is 71.3 Å². The van der Waals surface area contributed by atoms with Gasteiger partial charge in [0.25, 0.3) is 0 Å². The van der Waals surface area contributed by atoms with Gasteiger partial charge in [0.15, 0.2) is 0 Å². The van der Waals surface area contributed by atoms with Crippen molar-refractivity contribution in [1.82, 2.24) is 9.80 Å². The Balaban J connectivity index is 3.25. The minimum Gasteiger partial charge on any atom is -0.469 e. The largest absolute Gasteiger partial charge is 0.469 e. The summed E-state index contributed by atoms with van der Waals surface area (Å²) in [4.78, 5) is 26.5. The van der Waals surface area contributed by atoms with Gasteiger partial charge in [-0.25, -0.2) is 4.79 Å². The van der Waals surface area contributed by atoms with Crippen molar-refractivity contribution in [2.75, 3.05) is 34.3 Å². The Morgan fingerprint density at radius 3 is 1.48 bits per heavy atom. The number of methoxy groups -OCH3 is 1. The minimum absolute atomic E-state index is 0.0837. The van der Waals surface area contributed by atoms with Gasteiger partial charge in [-0.3, -0.25) is 4.79 Å². The third kappa shape index (κ3) is 15.5. The Morgan fingerprint density at radius 2 is 1.07 bits per heavy atom. The van der Waals surface area contributed by atoms with Gasteiger partial charge in [0, 0.05) is 33.6 Å². The molecule has 2 amide bonds. The first-order chi connectivity index (χ1) is 13.0. The lowest BCUT2D eigenvalue weighted by Gasteiger charge is -2.23. The number of ether oxygens (including phenoxy) is 1. The summed E-state index contributed by atoms with van der Waals surface area (Å²) in [7, 11) is 5.20. The van der Waals surface area contributed by atoms with Crippen molar-refractivity contribution < 1.29 is 14.3 Å². The van der Waals surface area contributed by atoms with Crippen LogP contribution in [0.2, 0.25) is 0 Å². The lowest BCUT2D eigenvalue weighted by molar-refractivity contribution is -0.140. The summed E-state index contributed by atoms with van der Waals surface area (Å²) in [5.74, 6) is -0.0837. The van der Waals surface area contributed by atoms with Crippen molar-refractivity contribution in [2.24, 2.45) is 0 Å². The fourth-order valence-electron chi connectivity index (χ4n) is 3.19. The molecule has 0 saturated heterocycles. The molecule has 0 radical (unpaired) electrons. The fourth-order valence-corrected chi connectivity index (χ4v) is 3.19. The molecule has 5 heteroatoms. The first kappa shape index (κ1) is 25.7. The summed E-state index contributed by atoms with van der Waals surface area (Å²) in [5, 5.41) is 0. The van der Waals surface area contributed by atoms with Crippen LogP contribution in [0, 0.1) is 0 Å². The molecule has 27 heavy (non-hydrogen) atoms. The number of urea groups is 1. The first-order valence-corrected chi connectivity index (χ1v) is 11.1. The molecule has 0 bridgehead atoms. The maximum Gasteiger partial charge on any atom is 0.319 e. The van der Waals surface area contributed by atoms with Gasteiger partial charge in [-0.15, -0.1) is 0 Å². The normalized spacial score (nSPS) is 10.7. The van der Waals surface area contributed by atoms with Gasteiger partial charge in [-0.2, -0.15) is 0 Å². The standard InChI is InChI=1S/C22H44N2O3/c1-5-23(2)22(26)24(3)20-18-16-14-12-10-8-6-7-9-11-13-15-17-19-21(25)27-4/h5-20H2,1-4H3. The number of carbonyl (C=O) groups is 2.